The van der Waals surface area contributed by atoms with Crippen LogP contribution in [0.2, 0.25) is 17.3 Å². The summed E-state index contributed by atoms with van der Waals surface area (Å²) in [4.78, 5) is 0. The molecule has 1 aromatic carbocycles. The van der Waals surface area contributed by atoms with Crippen LogP contribution in [0.3, 0.4) is 0 Å². The molecule has 2 rings (SSSR count). The van der Waals surface area contributed by atoms with Crippen LogP contribution in [0, 0.1) is 6.92 Å². The van der Waals surface area contributed by atoms with E-state index in [4.69, 9.17) is 0 Å². The molecular weight excluding hydrogens is 279 g/mol. The SMILES string of the molecule is Cc1cc[c]([Ge]([CH3])([CH3])[CH3])cc1-c1cccc[n+]1C. The number of aryl methyl sites for hydroxylation is 2. The van der Waals surface area contributed by atoms with Crippen molar-refractivity contribution >= 4 is 17.7 Å². The van der Waals surface area contributed by atoms with Crippen molar-refractivity contribution in [3.8, 4) is 11.3 Å². The minimum atomic E-state index is -1.75. The van der Waals surface area contributed by atoms with Gasteiger partial charge in [0.25, 0.3) is 0 Å². The molecule has 0 fully saturated rings. The molecule has 0 bridgehead atoms. The van der Waals surface area contributed by atoms with Crippen molar-refractivity contribution in [3.05, 3.63) is 48.2 Å². The van der Waals surface area contributed by atoms with Gasteiger partial charge in [0.05, 0.1) is 0 Å². The van der Waals surface area contributed by atoms with Crippen molar-refractivity contribution in [2.24, 2.45) is 7.05 Å². The van der Waals surface area contributed by atoms with E-state index in [-0.39, 0.29) is 0 Å². The number of benzene rings is 1. The maximum absolute atomic E-state index is 2.44. The van der Waals surface area contributed by atoms with Gasteiger partial charge in [0.15, 0.2) is 0 Å². The number of rotatable bonds is 2. The summed E-state index contributed by atoms with van der Waals surface area (Å²) in [5, 5.41) is 0. The van der Waals surface area contributed by atoms with E-state index in [1.807, 2.05) is 0 Å². The van der Waals surface area contributed by atoms with Crippen LogP contribution in [0.1, 0.15) is 5.56 Å². The van der Waals surface area contributed by atoms with Crippen LogP contribution >= 0.6 is 0 Å². The molecule has 1 aromatic heterocycles. The Bertz CT molecular complexity index is 568. The van der Waals surface area contributed by atoms with Gasteiger partial charge in [-0.3, -0.25) is 0 Å². The number of aromatic nitrogens is 1. The topological polar surface area (TPSA) is 3.88 Å². The van der Waals surface area contributed by atoms with Gasteiger partial charge in [-0.25, -0.2) is 0 Å². The zero-order valence-electron chi connectivity index (χ0n) is 12.0. The van der Waals surface area contributed by atoms with Gasteiger partial charge >= 0.3 is 113 Å². The second kappa shape index (κ2) is 4.89. The fraction of sp³-hybridized carbons (Fsp3) is 0.312. The average molecular weight is 301 g/mol. The van der Waals surface area contributed by atoms with E-state index in [1.165, 1.54) is 16.8 Å². The van der Waals surface area contributed by atoms with Crippen molar-refractivity contribution in [3.63, 3.8) is 0 Å². The van der Waals surface area contributed by atoms with Crippen molar-refractivity contribution in [2.45, 2.75) is 24.2 Å². The Morgan fingerprint density at radius 2 is 1.72 bits per heavy atom. The van der Waals surface area contributed by atoms with Gasteiger partial charge in [-0.2, -0.15) is 0 Å². The maximum atomic E-state index is 2.44. The number of nitrogens with zero attached hydrogens (tertiary/aromatic N) is 1. The zero-order valence-corrected chi connectivity index (χ0v) is 14.1. The van der Waals surface area contributed by atoms with Gasteiger partial charge in [0.1, 0.15) is 0 Å². The Kier molecular flexibility index (Phi) is 3.62. The van der Waals surface area contributed by atoms with Gasteiger partial charge in [-0.05, 0) is 0 Å². The average Bonchev–Trinajstić information content (AvgIpc) is 2.29. The van der Waals surface area contributed by atoms with Crippen LogP contribution in [0.25, 0.3) is 11.3 Å². The summed E-state index contributed by atoms with van der Waals surface area (Å²) in [5.41, 5.74) is 4.02. The molecule has 0 saturated carbocycles. The molecule has 1 nitrogen and oxygen atoms in total. The van der Waals surface area contributed by atoms with E-state index < -0.39 is 13.3 Å². The summed E-state index contributed by atoms with van der Waals surface area (Å²) in [7, 11) is 2.11. The summed E-state index contributed by atoms with van der Waals surface area (Å²) in [6, 6.07) is 13.4. The first kappa shape index (κ1) is 13.3. The number of pyridine rings is 1. The van der Waals surface area contributed by atoms with Crippen LogP contribution in [0.15, 0.2) is 42.6 Å². The number of hydrogen-bond acceptors (Lipinski definition) is 0. The fourth-order valence-electron chi connectivity index (χ4n) is 2.17. The first-order valence-electron chi connectivity index (χ1n) is 6.46. The van der Waals surface area contributed by atoms with Crippen LogP contribution in [-0.4, -0.2) is 13.3 Å². The van der Waals surface area contributed by atoms with Gasteiger partial charge in [0, 0.05) is 0 Å². The summed E-state index contributed by atoms with van der Waals surface area (Å²) in [6.45, 7) is 2.20. The molecule has 94 valence electrons. The molecule has 0 unspecified atom stereocenters. The quantitative estimate of drug-likeness (QED) is 0.593. The van der Waals surface area contributed by atoms with E-state index in [0.717, 1.165) is 0 Å². The third-order valence-corrected chi connectivity index (χ3v) is 7.72. The van der Waals surface area contributed by atoms with Gasteiger partial charge in [-0.15, -0.1) is 0 Å². The summed E-state index contributed by atoms with van der Waals surface area (Å²) >= 11 is -1.75. The van der Waals surface area contributed by atoms with Crippen LogP contribution in [0.5, 0.6) is 0 Å². The summed E-state index contributed by atoms with van der Waals surface area (Å²) in [5.74, 6) is 7.33. The molecule has 0 N–H and O–H groups in total. The Morgan fingerprint density at radius 3 is 2.33 bits per heavy atom. The van der Waals surface area contributed by atoms with E-state index >= 15 is 0 Å². The molecule has 0 aliphatic heterocycles. The summed E-state index contributed by atoms with van der Waals surface area (Å²) < 4.78 is 3.77. The second-order valence-corrected chi connectivity index (χ2v) is 16.6. The first-order valence-corrected chi connectivity index (χ1v) is 13.8. The molecule has 2 aromatic rings. The van der Waals surface area contributed by atoms with E-state index in [1.54, 1.807) is 4.40 Å². The van der Waals surface area contributed by atoms with Gasteiger partial charge < -0.3 is 0 Å². The molecule has 0 amide bonds. The molecule has 0 spiro atoms. The van der Waals surface area contributed by atoms with Gasteiger partial charge in [0.2, 0.25) is 0 Å². The van der Waals surface area contributed by atoms with E-state index in [2.05, 4.69) is 78.4 Å². The Hall–Kier alpha value is -1.09. The molecule has 0 radical (unpaired) electrons. The zero-order chi connectivity index (χ0) is 13.3. The standard InChI is InChI=1S/C16H22GeN/c1-13-9-10-14(17(2,3)4)12-15(13)16-8-6-7-11-18(16)5/h6-12H,1-5H3/q+1. The van der Waals surface area contributed by atoms with Crippen molar-refractivity contribution in [1.82, 2.24) is 0 Å². The van der Waals surface area contributed by atoms with E-state index in [0.29, 0.717) is 0 Å². The van der Waals surface area contributed by atoms with Crippen LogP contribution < -0.4 is 8.96 Å². The van der Waals surface area contributed by atoms with Crippen molar-refractivity contribution in [2.75, 3.05) is 0 Å². The van der Waals surface area contributed by atoms with E-state index in [9.17, 15) is 0 Å². The molecule has 0 aliphatic rings. The van der Waals surface area contributed by atoms with Crippen molar-refractivity contribution < 1.29 is 4.57 Å². The molecule has 0 atom stereocenters. The molecule has 2 heteroatoms. The molecule has 18 heavy (non-hydrogen) atoms. The molecule has 0 aliphatic carbocycles. The van der Waals surface area contributed by atoms with Gasteiger partial charge in [-0.1, -0.05) is 0 Å². The molecular formula is C16H22GeN+. The minimum absolute atomic E-state index is 1.29. The third-order valence-electron chi connectivity index (χ3n) is 3.43. The molecule has 1 heterocycles. The van der Waals surface area contributed by atoms with Crippen molar-refractivity contribution in [1.29, 1.82) is 0 Å². The second-order valence-electron chi connectivity index (χ2n) is 5.98. The Balaban J connectivity index is 2.61. The normalized spacial score (nSPS) is 11.6. The van der Waals surface area contributed by atoms with Crippen LogP contribution in [-0.2, 0) is 7.05 Å². The third kappa shape index (κ3) is 2.66. The Morgan fingerprint density at radius 1 is 1.00 bits per heavy atom. The first-order chi connectivity index (χ1) is 8.39. The molecule has 0 saturated heterocycles. The number of hydrogen-bond donors (Lipinski definition) is 0. The Labute approximate surface area is 113 Å². The van der Waals surface area contributed by atoms with Crippen LogP contribution in [0.4, 0.5) is 0 Å². The predicted molar refractivity (Wildman–Crippen MR) is 80.8 cm³/mol. The fourth-order valence-corrected chi connectivity index (χ4v) is 4.60. The monoisotopic (exact) mass is 302 g/mol. The predicted octanol–water partition coefficient (Wildman–Crippen LogP) is 3.03. The summed E-state index contributed by atoms with van der Waals surface area (Å²) in [6.07, 6.45) is 2.11.